The van der Waals surface area contributed by atoms with Crippen molar-refractivity contribution in [1.29, 1.82) is 0 Å². The summed E-state index contributed by atoms with van der Waals surface area (Å²) in [6.45, 7) is 6.14. The van der Waals surface area contributed by atoms with Crippen molar-refractivity contribution in [2.45, 2.75) is 84.0 Å². The average molecular weight is 266 g/mol. The fraction of sp³-hybridized carbons (Fsp3) is 0.867. The van der Waals surface area contributed by atoms with Crippen molar-refractivity contribution in [2.75, 3.05) is 0 Å². The Kier molecular flexibility index (Phi) is 29.0. The van der Waals surface area contributed by atoms with Gasteiger partial charge in [-0.2, -0.15) is 6.42 Å². The molecule has 19 heavy (non-hydrogen) atoms. The number of hydrogen-bond donors (Lipinski definition) is 2. The third-order valence-corrected chi connectivity index (χ3v) is 2.85. The van der Waals surface area contributed by atoms with Crippen LogP contribution in [0, 0.1) is 6.92 Å². The minimum absolute atomic E-state index is 0. The SMILES string of the molecule is O=C(O)O.[CH2-]CCCCCCCCCCCCC.[Li+]. The predicted molar refractivity (Wildman–Crippen MR) is 77.1 cm³/mol. The molecule has 0 aliphatic carbocycles. The van der Waals surface area contributed by atoms with Crippen LogP contribution < -0.4 is 18.9 Å². The van der Waals surface area contributed by atoms with E-state index in [2.05, 4.69) is 13.8 Å². The van der Waals surface area contributed by atoms with Crippen molar-refractivity contribution in [2.24, 2.45) is 0 Å². The van der Waals surface area contributed by atoms with Crippen LogP contribution in [0.1, 0.15) is 84.0 Å². The van der Waals surface area contributed by atoms with Crippen molar-refractivity contribution < 1.29 is 33.9 Å². The predicted octanol–water partition coefficient (Wildman–Crippen LogP) is 2.75. The summed E-state index contributed by atoms with van der Waals surface area (Å²) in [7, 11) is 0. The number of carboxylic acid groups (broad SMARTS) is 2. The second-order valence-corrected chi connectivity index (χ2v) is 4.67. The van der Waals surface area contributed by atoms with Crippen LogP contribution in [-0.2, 0) is 0 Å². The Balaban J connectivity index is -0.000000448. The molecule has 0 aromatic heterocycles. The van der Waals surface area contributed by atoms with E-state index in [9.17, 15) is 0 Å². The van der Waals surface area contributed by atoms with Crippen molar-refractivity contribution >= 4 is 6.16 Å². The monoisotopic (exact) mass is 266 g/mol. The Labute approximate surface area is 131 Å². The van der Waals surface area contributed by atoms with E-state index in [-0.39, 0.29) is 18.9 Å². The summed E-state index contributed by atoms with van der Waals surface area (Å²) < 4.78 is 0. The molecule has 2 N–H and O–H groups in total. The Hall–Kier alpha value is -0.133. The number of unbranched alkanes of at least 4 members (excludes halogenated alkanes) is 11. The fourth-order valence-corrected chi connectivity index (χ4v) is 1.84. The third-order valence-electron chi connectivity index (χ3n) is 2.85. The molecular formula is C15H31LiO3. The number of hydrogen-bond acceptors (Lipinski definition) is 1. The van der Waals surface area contributed by atoms with Crippen molar-refractivity contribution in [3.63, 3.8) is 0 Å². The smallest absolute Gasteiger partial charge is 0.450 e. The van der Waals surface area contributed by atoms with E-state index >= 15 is 0 Å². The first-order chi connectivity index (χ1) is 8.65. The Morgan fingerprint density at radius 2 is 1.05 bits per heavy atom. The summed E-state index contributed by atoms with van der Waals surface area (Å²) in [5.41, 5.74) is 0. The van der Waals surface area contributed by atoms with Gasteiger partial charge in [-0.3, -0.25) is 0 Å². The van der Waals surface area contributed by atoms with Crippen LogP contribution in [-0.4, -0.2) is 16.4 Å². The van der Waals surface area contributed by atoms with Gasteiger partial charge in [0.2, 0.25) is 0 Å². The first-order valence-electron chi connectivity index (χ1n) is 7.36. The molecule has 0 heterocycles. The van der Waals surface area contributed by atoms with E-state index in [0.29, 0.717) is 0 Å². The topological polar surface area (TPSA) is 57.5 Å². The zero-order valence-corrected chi connectivity index (χ0v) is 13.0. The molecule has 0 radical (unpaired) electrons. The molecule has 0 aliphatic heterocycles. The zero-order chi connectivity index (χ0) is 14.1. The summed E-state index contributed by atoms with van der Waals surface area (Å²) in [6.07, 6.45) is 15.0. The minimum atomic E-state index is -1.83. The Bertz CT molecular complexity index is 147. The van der Waals surface area contributed by atoms with Crippen LogP contribution in [0.2, 0.25) is 0 Å². The molecule has 3 nitrogen and oxygen atoms in total. The summed E-state index contributed by atoms with van der Waals surface area (Å²) in [5, 5.41) is 13.9. The quantitative estimate of drug-likeness (QED) is 0.343. The van der Waals surface area contributed by atoms with E-state index in [4.69, 9.17) is 15.0 Å². The molecule has 0 saturated heterocycles. The molecule has 0 aliphatic rings. The summed E-state index contributed by atoms with van der Waals surface area (Å²) in [4.78, 5) is 8.56. The van der Waals surface area contributed by atoms with E-state index < -0.39 is 6.16 Å². The van der Waals surface area contributed by atoms with Gasteiger partial charge < -0.3 is 17.1 Å². The Morgan fingerprint density at radius 3 is 1.32 bits per heavy atom. The number of carbonyl (C=O) groups is 1. The van der Waals surface area contributed by atoms with Gasteiger partial charge in [0, 0.05) is 0 Å². The average Bonchev–Trinajstić information content (AvgIpc) is 2.31. The van der Waals surface area contributed by atoms with Gasteiger partial charge in [-0.25, -0.2) is 4.79 Å². The maximum absolute atomic E-state index is 8.56. The molecule has 0 aromatic rings. The van der Waals surface area contributed by atoms with Crippen molar-refractivity contribution in [1.82, 2.24) is 0 Å². The molecule has 0 fully saturated rings. The summed E-state index contributed by atoms with van der Waals surface area (Å²) >= 11 is 0. The molecule has 0 rings (SSSR count). The van der Waals surface area contributed by atoms with Gasteiger partial charge in [0.05, 0.1) is 0 Å². The van der Waals surface area contributed by atoms with Crippen LogP contribution in [0.25, 0.3) is 0 Å². The van der Waals surface area contributed by atoms with Gasteiger partial charge in [-0.05, 0) is 0 Å². The van der Waals surface area contributed by atoms with Gasteiger partial charge in [0.15, 0.2) is 0 Å². The van der Waals surface area contributed by atoms with Crippen LogP contribution in [0.3, 0.4) is 0 Å². The first-order valence-corrected chi connectivity index (χ1v) is 7.36. The largest absolute Gasteiger partial charge is 1.00 e. The summed E-state index contributed by atoms with van der Waals surface area (Å²) in [5.74, 6) is 0. The Morgan fingerprint density at radius 1 is 0.789 bits per heavy atom. The maximum Gasteiger partial charge on any atom is 1.00 e. The van der Waals surface area contributed by atoms with E-state index in [1.165, 1.54) is 70.6 Å². The fourth-order valence-electron chi connectivity index (χ4n) is 1.84. The molecule has 0 amide bonds. The molecular weight excluding hydrogens is 235 g/mol. The van der Waals surface area contributed by atoms with E-state index in [1.807, 2.05) is 0 Å². The minimum Gasteiger partial charge on any atom is -0.450 e. The van der Waals surface area contributed by atoms with Gasteiger partial charge in [0.25, 0.3) is 0 Å². The molecule has 110 valence electrons. The van der Waals surface area contributed by atoms with Crippen LogP contribution in [0.15, 0.2) is 0 Å². The first kappa shape index (κ1) is 23.9. The second kappa shape index (κ2) is 23.0. The summed E-state index contributed by atoms with van der Waals surface area (Å²) in [6, 6.07) is 0. The van der Waals surface area contributed by atoms with Gasteiger partial charge >= 0.3 is 25.0 Å². The number of rotatable bonds is 11. The second-order valence-electron chi connectivity index (χ2n) is 4.67. The molecule has 0 spiro atoms. The molecule has 0 aromatic carbocycles. The molecule has 0 saturated carbocycles. The van der Waals surface area contributed by atoms with Crippen LogP contribution in [0.5, 0.6) is 0 Å². The molecule has 0 unspecified atom stereocenters. The third kappa shape index (κ3) is 38.1. The van der Waals surface area contributed by atoms with Gasteiger partial charge in [-0.1, -0.05) is 77.6 Å². The van der Waals surface area contributed by atoms with Crippen molar-refractivity contribution in [3.8, 4) is 0 Å². The van der Waals surface area contributed by atoms with Crippen molar-refractivity contribution in [3.05, 3.63) is 6.92 Å². The van der Waals surface area contributed by atoms with E-state index in [0.717, 1.165) is 6.42 Å². The normalized spacial score (nSPS) is 9.16. The van der Waals surface area contributed by atoms with Crippen LogP contribution in [0.4, 0.5) is 4.79 Å². The van der Waals surface area contributed by atoms with E-state index in [1.54, 1.807) is 0 Å². The molecule has 4 heteroatoms. The standard InChI is InChI=1S/C14H29.CH2O3.Li/c1-3-5-7-9-11-13-14-12-10-8-6-4-2;2-1(3)4;/h1,3-14H2,2H3;(H2,2,3,4);/q-1;;+1. The van der Waals surface area contributed by atoms with Gasteiger partial charge in [0.1, 0.15) is 0 Å². The van der Waals surface area contributed by atoms with Crippen LogP contribution >= 0.6 is 0 Å². The molecule has 0 atom stereocenters. The van der Waals surface area contributed by atoms with Gasteiger partial charge in [-0.15, -0.1) is 0 Å². The maximum atomic E-state index is 8.56. The molecule has 0 bridgehead atoms. The zero-order valence-electron chi connectivity index (χ0n) is 13.0.